The topological polar surface area (TPSA) is 105 Å². The highest BCUT2D eigenvalue weighted by atomic mass is 16.5. The lowest BCUT2D eigenvalue weighted by Crippen LogP contribution is -2.49. The van der Waals surface area contributed by atoms with E-state index in [-0.39, 0.29) is 5.56 Å². The molecule has 0 spiro atoms. The molecule has 0 amide bonds. The lowest BCUT2D eigenvalue weighted by molar-refractivity contribution is 0.199. The van der Waals surface area contributed by atoms with Crippen LogP contribution in [0.4, 0.5) is 5.69 Å². The Hall–Kier alpha value is -4.44. The molecule has 3 aromatic heterocycles. The summed E-state index contributed by atoms with van der Waals surface area (Å²) in [6, 6.07) is 19.5. The molecule has 200 valence electrons. The van der Waals surface area contributed by atoms with Gasteiger partial charge in [0.2, 0.25) is 0 Å². The number of nitrogens with one attached hydrogen (secondary N) is 1. The van der Waals surface area contributed by atoms with Crippen LogP contribution in [0.3, 0.4) is 0 Å². The molecule has 1 N–H and O–H groups in total. The fourth-order valence-electron chi connectivity index (χ4n) is 5.38. The number of piperazine rings is 1. The van der Waals surface area contributed by atoms with Crippen molar-refractivity contribution >= 4 is 16.6 Å². The minimum atomic E-state index is -0.437. The molecule has 1 atom stereocenters. The number of ether oxygens (including phenoxy) is 1. The van der Waals surface area contributed by atoms with Crippen molar-refractivity contribution in [2.24, 2.45) is 0 Å². The standard InChI is InChI=1S/C29H31N7O3/c1-3-20-10-11-24-21(17-20)18-23(29(37)30-24)27(28-31-32-33-36(28)19-22-7-6-16-39-22)35-14-12-34(13-15-35)25-8-4-5-9-26(25)38-2/h4-11,16-18,27H,3,12-15,19H2,1-2H3,(H,30,37). The lowest BCUT2D eigenvalue weighted by Gasteiger charge is -2.40. The van der Waals surface area contributed by atoms with Crippen LogP contribution in [-0.2, 0) is 13.0 Å². The van der Waals surface area contributed by atoms with E-state index in [9.17, 15) is 4.79 Å². The number of furan rings is 1. The zero-order chi connectivity index (χ0) is 26.8. The zero-order valence-corrected chi connectivity index (χ0v) is 22.1. The predicted octanol–water partition coefficient (Wildman–Crippen LogP) is 3.64. The predicted molar refractivity (Wildman–Crippen MR) is 148 cm³/mol. The summed E-state index contributed by atoms with van der Waals surface area (Å²) in [5, 5.41) is 13.7. The molecule has 6 rings (SSSR count). The Morgan fingerprint density at radius 3 is 2.67 bits per heavy atom. The van der Waals surface area contributed by atoms with Crippen LogP contribution in [0.2, 0.25) is 0 Å². The molecule has 4 heterocycles. The average molecular weight is 526 g/mol. The molecule has 10 heteroatoms. The van der Waals surface area contributed by atoms with Gasteiger partial charge < -0.3 is 19.0 Å². The summed E-state index contributed by atoms with van der Waals surface area (Å²) < 4.78 is 12.9. The second-order valence-electron chi connectivity index (χ2n) is 9.70. The van der Waals surface area contributed by atoms with E-state index in [4.69, 9.17) is 9.15 Å². The van der Waals surface area contributed by atoms with Gasteiger partial charge in [-0.3, -0.25) is 9.69 Å². The molecule has 10 nitrogen and oxygen atoms in total. The van der Waals surface area contributed by atoms with E-state index in [2.05, 4.69) is 55.4 Å². The van der Waals surface area contributed by atoms with Crippen molar-refractivity contribution in [1.29, 1.82) is 0 Å². The van der Waals surface area contributed by atoms with Crippen LogP contribution in [0.25, 0.3) is 10.9 Å². The minimum absolute atomic E-state index is 0.142. The first-order valence-corrected chi connectivity index (χ1v) is 13.2. The molecule has 5 aromatic rings. The first-order chi connectivity index (χ1) is 19.1. The number of tetrazole rings is 1. The molecule has 0 aliphatic carbocycles. The van der Waals surface area contributed by atoms with Gasteiger partial charge in [0.25, 0.3) is 5.56 Å². The third-order valence-corrected chi connectivity index (χ3v) is 7.44. The minimum Gasteiger partial charge on any atom is -0.495 e. The van der Waals surface area contributed by atoms with Crippen LogP contribution >= 0.6 is 0 Å². The van der Waals surface area contributed by atoms with Gasteiger partial charge >= 0.3 is 0 Å². The van der Waals surface area contributed by atoms with Gasteiger partial charge in [-0.05, 0) is 70.3 Å². The number of fused-ring (bicyclic) bond motifs is 1. The summed E-state index contributed by atoms with van der Waals surface area (Å²) in [5.41, 5.74) is 3.57. The summed E-state index contributed by atoms with van der Waals surface area (Å²) >= 11 is 0. The highest BCUT2D eigenvalue weighted by molar-refractivity contribution is 5.80. The number of nitrogens with zero attached hydrogens (tertiary/aromatic N) is 6. The number of aromatic amines is 1. The summed E-state index contributed by atoms with van der Waals surface area (Å²) in [4.78, 5) is 21.3. The highest BCUT2D eigenvalue weighted by Crippen LogP contribution is 2.32. The number of hydrogen-bond acceptors (Lipinski definition) is 8. The maximum Gasteiger partial charge on any atom is 0.253 e. The van der Waals surface area contributed by atoms with Gasteiger partial charge in [0, 0.05) is 37.3 Å². The van der Waals surface area contributed by atoms with Crippen molar-refractivity contribution < 1.29 is 9.15 Å². The van der Waals surface area contributed by atoms with Gasteiger partial charge in [0.05, 0.1) is 19.1 Å². The van der Waals surface area contributed by atoms with Gasteiger partial charge in [0.15, 0.2) is 5.82 Å². The monoisotopic (exact) mass is 525 g/mol. The number of benzene rings is 2. The number of methoxy groups -OCH3 is 1. The molecule has 0 radical (unpaired) electrons. The molecule has 0 bridgehead atoms. The number of aryl methyl sites for hydroxylation is 1. The van der Waals surface area contributed by atoms with Crippen molar-refractivity contribution in [3.63, 3.8) is 0 Å². The van der Waals surface area contributed by atoms with Crippen LogP contribution in [0.5, 0.6) is 5.75 Å². The first-order valence-electron chi connectivity index (χ1n) is 13.2. The second kappa shape index (κ2) is 10.7. The van der Waals surface area contributed by atoms with Gasteiger partial charge in [-0.25, -0.2) is 4.68 Å². The maximum absolute atomic E-state index is 13.6. The van der Waals surface area contributed by atoms with Crippen molar-refractivity contribution in [3.05, 3.63) is 100.0 Å². The number of hydrogen-bond donors (Lipinski definition) is 1. The van der Waals surface area contributed by atoms with Crippen LogP contribution in [-0.4, -0.2) is 63.4 Å². The highest BCUT2D eigenvalue weighted by Gasteiger charge is 2.33. The Morgan fingerprint density at radius 2 is 1.90 bits per heavy atom. The molecule has 1 aliphatic heterocycles. The van der Waals surface area contributed by atoms with Crippen molar-refractivity contribution in [2.45, 2.75) is 25.9 Å². The summed E-state index contributed by atoms with van der Waals surface area (Å²) in [6.07, 6.45) is 2.55. The third kappa shape index (κ3) is 4.90. The normalized spacial score (nSPS) is 15.1. The first kappa shape index (κ1) is 24.9. The van der Waals surface area contributed by atoms with Gasteiger partial charge in [-0.2, -0.15) is 0 Å². The van der Waals surface area contributed by atoms with Crippen LogP contribution in [0.1, 0.15) is 35.7 Å². The molecule has 1 saturated heterocycles. The largest absolute Gasteiger partial charge is 0.495 e. The van der Waals surface area contributed by atoms with E-state index in [0.717, 1.165) is 47.6 Å². The Morgan fingerprint density at radius 1 is 1.05 bits per heavy atom. The Bertz CT molecular complexity index is 1620. The SMILES string of the molecule is CCc1ccc2[nH]c(=O)c(C(c3nnnn3Cc3ccco3)N3CCN(c4ccccc4OC)CC3)cc2c1. The Balaban J connectivity index is 1.39. The fraction of sp³-hybridized carbons (Fsp3) is 0.310. The zero-order valence-electron chi connectivity index (χ0n) is 22.1. The summed E-state index contributed by atoms with van der Waals surface area (Å²) in [6.45, 7) is 5.45. The quantitative estimate of drug-likeness (QED) is 0.327. The molecule has 1 fully saturated rings. The van der Waals surface area contributed by atoms with Crippen LogP contribution in [0, 0.1) is 0 Å². The van der Waals surface area contributed by atoms with Gasteiger partial charge in [-0.15, -0.1) is 5.10 Å². The number of anilines is 1. The number of aromatic nitrogens is 5. The average Bonchev–Trinajstić information content (AvgIpc) is 3.66. The van der Waals surface area contributed by atoms with Crippen molar-refractivity contribution in [3.8, 4) is 5.75 Å². The summed E-state index contributed by atoms with van der Waals surface area (Å²) in [5.74, 6) is 2.19. The Labute approximate surface area is 225 Å². The van der Waals surface area contributed by atoms with Gasteiger partial charge in [-0.1, -0.05) is 25.1 Å². The smallest absolute Gasteiger partial charge is 0.253 e. The molecule has 1 aliphatic rings. The molecular formula is C29H31N7O3. The third-order valence-electron chi connectivity index (χ3n) is 7.44. The van der Waals surface area contributed by atoms with Gasteiger partial charge in [0.1, 0.15) is 24.1 Å². The maximum atomic E-state index is 13.6. The summed E-state index contributed by atoms with van der Waals surface area (Å²) in [7, 11) is 1.69. The van der Waals surface area contributed by atoms with Crippen molar-refractivity contribution in [2.75, 3.05) is 38.2 Å². The molecule has 0 saturated carbocycles. The second-order valence-corrected chi connectivity index (χ2v) is 9.70. The van der Waals surface area contributed by atoms with Crippen molar-refractivity contribution in [1.82, 2.24) is 30.1 Å². The van der Waals surface area contributed by atoms with E-state index in [1.807, 2.05) is 42.5 Å². The van der Waals surface area contributed by atoms with E-state index in [1.165, 1.54) is 5.56 Å². The molecular weight excluding hydrogens is 494 g/mol. The van der Waals surface area contributed by atoms with E-state index < -0.39 is 6.04 Å². The molecule has 39 heavy (non-hydrogen) atoms. The van der Waals surface area contributed by atoms with Crippen LogP contribution in [0.15, 0.2) is 76.1 Å². The molecule has 2 aromatic carbocycles. The van der Waals surface area contributed by atoms with E-state index in [1.54, 1.807) is 18.1 Å². The lowest BCUT2D eigenvalue weighted by atomic mass is 10.0. The fourth-order valence-corrected chi connectivity index (χ4v) is 5.38. The van der Waals surface area contributed by atoms with Crippen LogP contribution < -0.4 is 15.2 Å². The molecule has 1 unspecified atom stereocenters. The van der Waals surface area contributed by atoms with E-state index >= 15 is 0 Å². The number of para-hydroxylation sites is 2. The number of H-pyrrole nitrogens is 1. The number of rotatable bonds is 8. The van der Waals surface area contributed by atoms with E-state index in [0.29, 0.717) is 31.0 Å². The number of pyridine rings is 1. The Kier molecular flexibility index (Phi) is 6.85.